The van der Waals surface area contributed by atoms with Gasteiger partial charge in [-0.15, -0.1) is 0 Å². The Hall–Kier alpha value is -3.65. The Labute approximate surface area is 224 Å². The molecule has 2 fully saturated rings. The second-order valence-corrected chi connectivity index (χ2v) is 11.3. The molecule has 2 atom stereocenters. The summed E-state index contributed by atoms with van der Waals surface area (Å²) in [6.45, 7) is 7.48. The fourth-order valence-corrected chi connectivity index (χ4v) is 5.15. The van der Waals surface area contributed by atoms with Gasteiger partial charge in [0.2, 0.25) is 0 Å². The summed E-state index contributed by atoms with van der Waals surface area (Å²) in [4.78, 5) is 32.7. The van der Waals surface area contributed by atoms with Crippen molar-refractivity contribution in [1.29, 1.82) is 0 Å². The summed E-state index contributed by atoms with van der Waals surface area (Å²) < 4.78 is 5.58. The van der Waals surface area contributed by atoms with Gasteiger partial charge in [-0.2, -0.15) is 0 Å². The second-order valence-electron chi connectivity index (χ2n) is 11.3. The molecule has 1 aromatic carbocycles. The van der Waals surface area contributed by atoms with Crippen molar-refractivity contribution in [2.45, 2.75) is 64.1 Å². The van der Waals surface area contributed by atoms with Crippen LogP contribution in [0.2, 0.25) is 0 Å². The van der Waals surface area contributed by atoms with E-state index in [9.17, 15) is 4.79 Å². The molecular formula is C30H38N6O2. The van der Waals surface area contributed by atoms with E-state index < -0.39 is 5.60 Å². The lowest BCUT2D eigenvalue weighted by Gasteiger charge is -2.27. The molecule has 0 unspecified atom stereocenters. The maximum absolute atomic E-state index is 12.6. The molecule has 8 nitrogen and oxygen atoms in total. The topological polar surface area (TPSA) is 90.1 Å². The Bertz CT molecular complexity index is 1300. The van der Waals surface area contributed by atoms with Gasteiger partial charge in [0.1, 0.15) is 17.2 Å². The number of aromatic amines is 2. The van der Waals surface area contributed by atoms with Crippen molar-refractivity contribution in [3.8, 4) is 0 Å². The fourth-order valence-electron chi connectivity index (χ4n) is 5.15. The molecule has 3 aromatic rings. The number of hydrogen-bond donors (Lipinski definition) is 2. The van der Waals surface area contributed by atoms with Crippen molar-refractivity contribution < 1.29 is 9.53 Å². The van der Waals surface area contributed by atoms with Crippen LogP contribution in [0.15, 0.2) is 36.7 Å². The molecule has 2 saturated heterocycles. The zero-order chi connectivity index (χ0) is 26.7. The lowest BCUT2D eigenvalue weighted by molar-refractivity contribution is 0.0218. The molecule has 0 aliphatic carbocycles. The van der Waals surface area contributed by atoms with Crippen molar-refractivity contribution in [2.24, 2.45) is 0 Å². The molecule has 2 aliphatic rings. The number of nitrogens with zero attached hydrogens (tertiary/aromatic N) is 4. The molecule has 200 valence electrons. The lowest BCUT2D eigenvalue weighted by atomic mass is 10.1. The van der Waals surface area contributed by atoms with Crippen LogP contribution in [0.5, 0.6) is 0 Å². The van der Waals surface area contributed by atoms with Crippen LogP contribution < -0.4 is 0 Å². The number of ether oxygens (including phenoxy) is 1. The molecule has 0 radical (unpaired) electrons. The minimum atomic E-state index is -0.512. The third kappa shape index (κ3) is 6.25. The average molecular weight is 515 g/mol. The van der Waals surface area contributed by atoms with Gasteiger partial charge in [-0.1, -0.05) is 36.4 Å². The fraction of sp³-hybridized carbons (Fsp3) is 0.433. The third-order valence-corrected chi connectivity index (χ3v) is 7.11. The number of hydrogen-bond acceptors (Lipinski definition) is 5. The zero-order valence-electron chi connectivity index (χ0n) is 22.8. The van der Waals surface area contributed by atoms with Gasteiger partial charge in [-0.3, -0.25) is 9.80 Å². The summed E-state index contributed by atoms with van der Waals surface area (Å²) >= 11 is 0. The predicted molar refractivity (Wildman–Crippen MR) is 151 cm³/mol. The normalized spacial score (nSPS) is 20.8. The van der Waals surface area contributed by atoms with E-state index >= 15 is 0 Å². The number of carbonyl (C=O) groups is 1. The van der Waals surface area contributed by atoms with Gasteiger partial charge < -0.3 is 14.7 Å². The first-order valence-corrected chi connectivity index (χ1v) is 13.5. The zero-order valence-corrected chi connectivity index (χ0v) is 22.8. The van der Waals surface area contributed by atoms with Gasteiger partial charge in [-0.25, -0.2) is 14.8 Å². The van der Waals surface area contributed by atoms with Crippen molar-refractivity contribution in [2.75, 3.05) is 20.1 Å². The molecule has 0 saturated carbocycles. The highest BCUT2D eigenvalue weighted by molar-refractivity contribution is 5.72. The highest BCUT2D eigenvalue weighted by Gasteiger charge is 2.34. The first-order chi connectivity index (χ1) is 18.2. The largest absolute Gasteiger partial charge is 0.444 e. The molecule has 0 spiro atoms. The Kier molecular flexibility index (Phi) is 7.51. The van der Waals surface area contributed by atoms with E-state index in [2.05, 4.69) is 74.4 Å². The smallest absolute Gasteiger partial charge is 0.410 e. The number of amides is 1. The Balaban J connectivity index is 1.18. The van der Waals surface area contributed by atoms with Crippen LogP contribution in [0.4, 0.5) is 4.79 Å². The molecule has 4 heterocycles. The van der Waals surface area contributed by atoms with Gasteiger partial charge in [0.05, 0.1) is 35.9 Å². The Morgan fingerprint density at radius 2 is 1.39 bits per heavy atom. The van der Waals surface area contributed by atoms with Crippen molar-refractivity contribution >= 4 is 30.4 Å². The maximum Gasteiger partial charge on any atom is 0.410 e. The molecule has 0 bridgehead atoms. The van der Waals surface area contributed by atoms with Crippen LogP contribution in [-0.2, 0) is 4.74 Å². The summed E-state index contributed by atoms with van der Waals surface area (Å²) in [5.41, 5.74) is 3.64. The maximum atomic E-state index is 12.6. The molecule has 38 heavy (non-hydrogen) atoms. The van der Waals surface area contributed by atoms with Gasteiger partial charge in [0.15, 0.2) is 0 Å². The van der Waals surface area contributed by atoms with Crippen LogP contribution in [0, 0.1) is 0 Å². The summed E-state index contributed by atoms with van der Waals surface area (Å²) in [7, 11) is 2.16. The van der Waals surface area contributed by atoms with E-state index in [0.717, 1.165) is 60.0 Å². The van der Waals surface area contributed by atoms with Crippen LogP contribution in [0.1, 0.15) is 92.7 Å². The monoisotopic (exact) mass is 514 g/mol. The van der Waals surface area contributed by atoms with Crippen molar-refractivity contribution in [3.05, 3.63) is 70.8 Å². The lowest BCUT2D eigenvalue weighted by Crippen LogP contribution is -2.36. The Morgan fingerprint density at radius 1 is 0.868 bits per heavy atom. The van der Waals surface area contributed by atoms with E-state index in [1.54, 1.807) is 4.90 Å². The molecule has 2 aliphatic heterocycles. The van der Waals surface area contributed by atoms with Crippen LogP contribution >= 0.6 is 0 Å². The number of imidazole rings is 2. The van der Waals surface area contributed by atoms with Gasteiger partial charge in [-0.05, 0) is 83.3 Å². The van der Waals surface area contributed by atoms with E-state index in [1.807, 2.05) is 39.2 Å². The first-order valence-electron chi connectivity index (χ1n) is 13.5. The van der Waals surface area contributed by atoms with Crippen LogP contribution in [0.3, 0.4) is 0 Å². The SMILES string of the molecule is CN1CCC[C@H]1c1ncc(/C=C/c2ccc(/C=C/c3cnc([C@@H]4CCCN4C(=O)OC(C)(C)C)[nH]3)cc2)[nH]1. The Morgan fingerprint density at radius 3 is 1.92 bits per heavy atom. The summed E-state index contributed by atoms with van der Waals surface area (Å²) in [5.74, 6) is 1.85. The molecule has 2 aromatic heterocycles. The minimum Gasteiger partial charge on any atom is -0.444 e. The van der Waals surface area contributed by atoms with Gasteiger partial charge in [0, 0.05) is 6.54 Å². The van der Waals surface area contributed by atoms with Crippen molar-refractivity contribution in [3.63, 3.8) is 0 Å². The minimum absolute atomic E-state index is 0.0805. The quantitative estimate of drug-likeness (QED) is 0.402. The van der Waals surface area contributed by atoms with E-state index in [1.165, 1.54) is 6.42 Å². The number of likely N-dealkylation sites (tertiary alicyclic amines) is 2. The number of carbonyl (C=O) groups excluding carboxylic acids is 1. The van der Waals surface area contributed by atoms with Gasteiger partial charge >= 0.3 is 6.09 Å². The molecule has 5 rings (SSSR count). The number of aromatic nitrogens is 4. The third-order valence-electron chi connectivity index (χ3n) is 7.11. The number of nitrogens with one attached hydrogen (secondary N) is 2. The molecular weight excluding hydrogens is 476 g/mol. The average Bonchev–Trinajstić information content (AvgIpc) is 3.68. The second kappa shape index (κ2) is 11.0. The van der Waals surface area contributed by atoms with Crippen LogP contribution in [0.25, 0.3) is 24.3 Å². The predicted octanol–water partition coefficient (Wildman–Crippen LogP) is 6.31. The van der Waals surface area contributed by atoms with Gasteiger partial charge in [0.25, 0.3) is 0 Å². The number of benzene rings is 1. The van der Waals surface area contributed by atoms with E-state index in [0.29, 0.717) is 12.6 Å². The standard InChI is InChI=1S/C30H38N6O2/c1-30(2,3)38-29(37)36-18-6-8-26(36)28-32-20-24(34-28)16-14-22-11-9-21(10-12-22)13-15-23-19-31-27(33-23)25-7-5-17-35(25)4/h9-16,19-20,25-26H,5-8,17-18H2,1-4H3,(H,31,33)(H,32,34)/b15-13+,16-14+/t25-,26-/m0/s1. The first kappa shape index (κ1) is 26.0. The molecule has 8 heteroatoms. The number of H-pyrrole nitrogens is 2. The highest BCUT2D eigenvalue weighted by Crippen LogP contribution is 2.32. The molecule has 1 amide bonds. The summed E-state index contributed by atoms with van der Waals surface area (Å²) in [5, 5.41) is 0. The summed E-state index contributed by atoms with van der Waals surface area (Å²) in [6, 6.07) is 8.72. The number of rotatable bonds is 6. The highest BCUT2D eigenvalue weighted by atomic mass is 16.6. The van der Waals surface area contributed by atoms with Crippen LogP contribution in [-0.4, -0.2) is 61.6 Å². The van der Waals surface area contributed by atoms with Crippen molar-refractivity contribution in [1.82, 2.24) is 29.7 Å². The van der Waals surface area contributed by atoms with E-state index in [4.69, 9.17) is 4.74 Å². The van der Waals surface area contributed by atoms with E-state index in [-0.39, 0.29) is 12.1 Å². The summed E-state index contributed by atoms with van der Waals surface area (Å²) in [6.07, 6.45) is 15.9. The molecule has 2 N–H and O–H groups in total.